The molecule has 8 heteroatoms. The maximum Gasteiger partial charge on any atom is 0.252 e. The zero-order valence-electron chi connectivity index (χ0n) is 10.1. The Morgan fingerprint density at radius 2 is 2.05 bits per heavy atom. The monoisotopic (exact) mass is 290 g/mol. The highest BCUT2D eigenvalue weighted by Crippen LogP contribution is 2.20. The molecule has 19 heavy (non-hydrogen) atoms. The fourth-order valence-corrected chi connectivity index (χ4v) is 2.75. The standard InChI is InChI=1S/C11H12F2N2O3S/c1-15(6-11(12)13)19(16,17)7-9-8-4-2-3-5-10(8)18-14-9/h2-5,11H,6-7H2,1H3. The molecule has 0 fully saturated rings. The number of aromatic nitrogens is 1. The minimum atomic E-state index is -3.84. The Hall–Kier alpha value is -1.54. The lowest BCUT2D eigenvalue weighted by molar-refractivity contribution is 0.126. The summed E-state index contributed by atoms with van der Waals surface area (Å²) in [6.07, 6.45) is -2.71. The van der Waals surface area contributed by atoms with Gasteiger partial charge in [0.25, 0.3) is 6.43 Å². The number of sulfonamides is 1. The Bertz CT molecular complexity index is 669. The van der Waals surface area contributed by atoms with Gasteiger partial charge in [-0.05, 0) is 12.1 Å². The van der Waals surface area contributed by atoms with E-state index >= 15 is 0 Å². The van der Waals surface area contributed by atoms with Crippen LogP contribution in [-0.4, -0.2) is 37.9 Å². The molecule has 2 aromatic rings. The summed E-state index contributed by atoms with van der Waals surface area (Å²) in [5, 5.41) is 4.24. The molecule has 2 rings (SSSR count). The SMILES string of the molecule is CN(CC(F)F)S(=O)(=O)Cc1noc2ccccc12. The molecule has 0 atom stereocenters. The maximum absolute atomic E-state index is 12.2. The Labute approximate surface area is 108 Å². The minimum Gasteiger partial charge on any atom is -0.356 e. The van der Waals surface area contributed by atoms with E-state index in [1.165, 1.54) is 0 Å². The van der Waals surface area contributed by atoms with E-state index < -0.39 is 28.7 Å². The van der Waals surface area contributed by atoms with Crippen molar-refractivity contribution in [1.29, 1.82) is 0 Å². The highest BCUT2D eigenvalue weighted by atomic mass is 32.2. The lowest BCUT2D eigenvalue weighted by Gasteiger charge is -2.15. The van der Waals surface area contributed by atoms with Gasteiger partial charge in [-0.3, -0.25) is 0 Å². The van der Waals surface area contributed by atoms with Crippen molar-refractivity contribution in [3.05, 3.63) is 30.0 Å². The van der Waals surface area contributed by atoms with E-state index in [2.05, 4.69) is 5.16 Å². The zero-order valence-corrected chi connectivity index (χ0v) is 10.9. The van der Waals surface area contributed by atoms with Crippen molar-refractivity contribution in [2.75, 3.05) is 13.6 Å². The molecule has 0 amide bonds. The predicted octanol–water partition coefficient (Wildman–Crippen LogP) is 1.85. The molecule has 104 valence electrons. The van der Waals surface area contributed by atoms with Gasteiger partial charge in [-0.1, -0.05) is 17.3 Å². The lowest BCUT2D eigenvalue weighted by atomic mass is 10.2. The van der Waals surface area contributed by atoms with Gasteiger partial charge in [0.15, 0.2) is 5.58 Å². The van der Waals surface area contributed by atoms with Crippen LogP contribution < -0.4 is 0 Å². The van der Waals surface area contributed by atoms with Crippen molar-refractivity contribution >= 4 is 21.0 Å². The Morgan fingerprint density at radius 1 is 1.37 bits per heavy atom. The number of rotatable bonds is 5. The molecule has 0 spiro atoms. The third-order valence-electron chi connectivity index (χ3n) is 2.64. The van der Waals surface area contributed by atoms with Crippen molar-refractivity contribution in [2.24, 2.45) is 0 Å². The third kappa shape index (κ3) is 3.07. The highest BCUT2D eigenvalue weighted by Gasteiger charge is 2.24. The highest BCUT2D eigenvalue weighted by molar-refractivity contribution is 7.88. The molecule has 1 aromatic carbocycles. The van der Waals surface area contributed by atoms with Gasteiger partial charge in [-0.2, -0.15) is 4.31 Å². The van der Waals surface area contributed by atoms with Gasteiger partial charge in [0.2, 0.25) is 10.0 Å². The van der Waals surface area contributed by atoms with Gasteiger partial charge >= 0.3 is 0 Å². The van der Waals surface area contributed by atoms with Gasteiger partial charge < -0.3 is 4.52 Å². The lowest BCUT2D eigenvalue weighted by Crippen LogP contribution is -2.32. The topological polar surface area (TPSA) is 63.4 Å². The van der Waals surface area contributed by atoms with Crippen LogP contribution >= 0.6 is 0 Å². The second-order valence-electron chi connectivity index (χ2n) is 4.05. The average Bonchev–Trinajstić information content (AvgIpc) is 2.71. The first-order valence-corrected chi connectivity index (χ1v) is 7.06. The zero-order chi connectivity index (χ0) is 14.0. The summed E-state index contributed by atoms with van der Waals surface area (Å²) in [5.41, 5.74) is 0.681. The van der Waals surface area contributed by atoms with Gasteiger partial charge in [0, 0.05) is 12.4 Å². The average molecular weight is 290 g/mol. The molecule has 0 saturated heterocycles. The van der Waals surface area contributed by atoms with Crippen molar-refractivity contribution < 1.29 is 21.7 Å². The fraction of sp³-hybridized carbons (Fsp3) is 0.364. The molecule has 1 aromatic heterocycles. The Morgan fingerprint density at radius 3 is 2.74 bits per heavy atom. The number of benzene rings is 1. The maximum atomic E-state index is 12.2. The van der Waals surface area contributed by atoms with Gasteiger partial charge in [-0.25, -0.2) is 17.2 Å². The molecule has 0 aliphatic heterocycles. The van der Waals surface area contributed by atoms with Crippen molar-refractivity contribution in [3.63, 3.8) is 0 Å². The second kappa shape index (κ2) is 5.22. The summed E-state index contributed by atoms with van der Waals surface area (Å²) in [5.74, 6) is -0.465. The molecule has 5 nitrogen and oxygen atoms in total. The summed E-state index contributed by atoms with van der Waals surface area (Å²) in [6, 6.07) is 6.78. The largest absolute Gasteiger partial charge is 0.356 e. The van der Waals surface area contributed by atoms with E-state index in [0.717, 1.165) is 7.05 Å². The number of hydrogen-bond acceptors (Lipinski definition) is 4. The van der Waals surface area contributed by atoms with E-state index in [1.54, 1.807) is 24.3 Å². The molecular formula is C11H12F2N2O3S. The molecule has 0 N–H and O–H groups in total. The molecule has 0 saturated carbocycles. The molecular weight excluding hydrogens is 278 g/mol. The quantitative estimate of drug-likeness (QED) is 0.843. The van der Waals surface area contributed by atoms with Crippen LogP contribution in [0.15, 0.2) is 28.8 Å². The molecule has 0 aliphatic carbocycles. The number of halogens is 2. The van der Waals surface area contributed by atoms with Gasteiger partial charge in [-0.15, -0.1) is 0 Å². The van der Waals surface area contributed by atoms with Gasteiger partial charge in [0.1, 0.15) is 11.4 Å². The van der Waals surface area contributed by atoms with E-state index in [-0.39, 0.29) is 5.69 Å². The van der Waals surface area contributed by atoms with Gasteiger partial charge in [0.05, 0.1) is 6.54 Å². The van der Waals surface area contributed by atoms with Crippen LogP contribution in [0.5, 0.6) is 0 Å². The van der Waals surface area contributed by atoms with E-state index in [1.807, 2.05) is 0 Å². The first-order chi connectivity index (χ1) is 8.90. The molecule has 0 bridgehead atoms. The second-order valence-corrected chi connectivity index (χ2v) is 6.13. The molecule has 0 unspecified atom stereocenters. The van der Waals surface area contributed by atoms with Crippen molar-refractivity contribution in [2.45, 2.75) is 12.2 Å². The van der Waals surface area contributed by atoms with Crippen LogP contribution in [0.1, 0.15) is 5.69 Å². The van der Waals surface area contributed by atoms with E-state index in [9.17, 15) is 17.2 Å². The first-order valence-electron chi connectivity index (χ1n) is 5.45. The molecule has 0 aliphatic rings. The number of hydrogen-bond donors (Lipinski definition) is 0. The summed E-state index contributed by atoms with van der Waals surface area (Å²) in [7, 11) is -2.72. The summed E-state index contributed by atoms with van der Waals surface area (Å²) < 4.78 is 53.8. The van der Waals surface area contributed by atoms with Crippen LogP contribution in [0.3, 0.4) is 0 Å². The summed E-state index contributed by atoms with van der Waals surface area (Å²) in [6.45, 7) is -0.835. The fourth-order valence-electron chi connectivity index (χ4n) is 1.63. The van der Waals surface area contributed by atoms with Crippen LogP contribution in [0.25, 0.3) is 11.0 Å². The van der Waals surface area contributed by atoms with Crippen LogP contribution in [0.4, 0.5) is 8.78 Å². The van der Waals surface area contributed by atoms with E-state index in [4.69, 9.17) is 4.52 Å². The number of nitrogens with zero attached hydrogens (tertiary/aromatic N) is 2. The molecule has 1 heterocycles. The van der Waals surface area contributed by atoms with Crippen molar-refractivity contribution in [3.8, 4) is 0 Å². The minimum absolute atomic E-state index is 0.219. The van der Waals surface area contributed by atoms with Crippen LogP contribution in [-0.2, 0) is 15.8 Å². The number of alkyl halides is 2. The van der Waals surface area contributed by atoms with E-state index in [0.29, 0.717) is 15.3 Å². The van der Waals surface area contributed by atoms with Crippen LogP contribution in [0, 0.1) is 0 Å². The smallest absolute Gasteiger partial charge is 0.252 e. The number of fused-ring (bicyclic) bond motifs is 1. The molecule has 0 radical (unpaired) electrons. The predicted molar refractivity (Wildman–Crippen MR) is 65.3 cm³/mol. The Balaban J connectivity index is 2.25. The Kier molecular flexibility index (Phi) is 3.81. The van der Waals surface area contributed by atoms with Crippen LogP contribution in [0.2, 0.25) is 0 Å². The normalized spacial score (nSPS) is 12.7. The third-order valence-corrected chi connectivity index (χ3v) is 4.38. The summed E-state index contributed by atoms with van der Waals surface area (Å²) in [4.78, 5) is 0. The summed E-state index contributed by atoms with van der Waals surface area (Å²) >= 11 is 0. The van der Waals surface area contributed by atoms with Crippen molar-refractivity contribution in [1.82, 2.24) is 9.46 Å². The first kappa shape index (κ1) is 13.9. The number of para-hydroxylation sites is 1.